The lowest BCUT2D eigenvalue weighted by atomic mass is 10.4. The van der Waals surface area contributed by atoms with Gasteiger partial charge in [0.05, 0.1) is 0 Å². The third kappa shape index (κ3) is 8.14. The number of carbonyl (C=O) groups is 2. The van der Waals surface area contributed by atoms with E-state index >= 15 is 0 Å². The fourth-order valence-electron chi connectivity index (χ4n) is 0.557. The number of carboxylic acids is 1. The quantitative estimate of drug-likeness (QED) is 0.385. The minimum Gasteiger partial charge on any atom is -0.478 e. The Morgan fingerprint density at radius 1 is 1.54 bits per heavy atom. The van der Waals surface area contributed by atoms with Crippen LogP contribution in [0.1, 0.15) is 13.8 Å². The van der Waals surface area contributed by atoms with Gasteiger partial charge < -0.3 is 9.84 Å². The Balaban J connectivity index is 3.95. The molecule has 0 aliphatic heterocycles. The molecule has 1 N–H and O–H groups in total. The van der Waals surface area contributed by atoms with Crippen molar-refractivity contribution in [3.05, 3.63) is 12.2 Å². The summed E-state index contributed by atoms with van der Waals surface area (Å²) in [6.07, 6.45) is 1.58. The van der Waals surface area contributed by atoms with E-state index < -0.39 is 18.0 Å². The number of allylic oxidation sites excluding steroid dienone is 1. The predicted octanol–water partition coefficient (Wildman–Crippen LogP) is 0.582. The van der Waals surface area contributed by atoms with Crippen LogP contribution in [-0.2, 0) is 14.3 Å². The zero-order valence-electron chi connectivity index (χ0n) is 7.40. The maximum absolute atomic E-state index is 10.4. The van der Waals surface area contributed by atoms with Crippen LogP contribution in [-0.4, -0.2) is 23.1 Å². The molecule has 0 fully saturated rings. The fraction of sp³-hybridized carbons (Fsp3) is 0.333. The average molecular weight is 182 g/mol. The zero-order valence-corrected chi connectivity index (χ0v) is 7.40. The van der Waals surface area contributed by atoms with Crippen molar-refractivity contribution < 1.29 is 19.4 Å². The van der Waals surface area contributed by atoms with E-state index in [1.807, 2.05) is 0 Å². The zero-order chi connectivity index (χ0) is 10.3. The van der Waals surface area contributed by atoms with E-state index in [0.717, 1.165) is 6.08 Å². The highest BCUT2D eigenvalue weighted by atomic mass is 16.5. The van der Waals surface area contributed by atoms with Crippen LogP contribution in [0.5, 0.6) is 0 Å². The molecule has 1 unspecified atom stereocenters. The van der Waals surface area contributed by atoms with Gasteiger partial charge in [-0.15, -0.1) is 0 Å². The van der Waals surface area contributed by atoms with Crippen molar-refractivity contribution >= 4 is 11.9 Å². The molecular weight excluding hydrogens is 172 g/mol. The second-order valence-electron chi connectivity index (χ2n) is 2.21. The molecule has 0 aliphatic carbocycles. The van der Waals surface area contributed by atoms with Crippen molar-refractivity contribution in [2.75, 3.05) is 0 Å². The van der Waals surface area contributed by atoms with Crippen LogP contribution >= 0.6 is 0 Å². The maximum Gasteiger partial charge on any atom is 0.328 e. The molecule has 0 aromatic heterocycles. The van der Waals surface area contributed by atoms with Gasteiger partial charge in [-0.05, 0) is 13.0 Å². The molecule has 0 spiro atoms. The van der Waals surface area contributed by atoms with E-state index in [1.54, 1.807) is 6.92 Å². The first kappa shape index (κ1) is 11.2. The van der Waals surface area contributed by atoms with Crippen molar-refractivity contribution in [2.45, 2.75) is 20.0 Å². The maximum atomic E-state index is 10.4. The van der Waals surface area contributed by atoms with Gasteiger partial charge >= 0.3 is 11.9 Å². The lowest BCUT2D eigenvalue weighted by molar-refractivity contribution is -0.143. The number of rotatable bonds is 2. The van der Waals surface area contributed by atoms with Crippen LogP contribution in [0.25, 0.3) is 0 Å². The number of ether oxygens (including phenoxy) is 1. The van der Waals surface area contributed by atoms with Crippen molar-refractivity contribution in [3.8, 4) is 11.8 Å². The molecule has 0 saturated carbocycles. The van der Waals surface area contributed by atoms with E-state index in [9.17, 15) is 9.59 Å². The molecule has 0 amide bonds. The van der Waals surface area contributed by atoms with Gasteiger partial charge in [0, 0.05) is 13.0 Å². The van der Waals surface area contributed by atoms with Gasteiger partial charge in [0.25, 0.3) is 0 Å². The standard InChI is InChI=1S/C9H10O4/c1-7(13-8(2)10)5-3-4-6-9(11)12/h4,6-7H,1-2H3,(H,11,12)/b6-4+. The normalized spacial score (nSPS) is 11.5. The van der Waals surface area contributed by atoms with Gasteiger partial charge in [0.15, 0.2) is 6.10 Å². The first-order valence-electron chi connectivity index (χ1n) is 3.60. The Bertz CT molecular complexity index is 280. The molecule has 0 bridgehead atoms. The highest BCUT2D eigenvalue weighted by Gasteiger charge is 1.98. The molecule has 70 valence electrons. The average Bonchev–Trinajstić information content (AvgIpc) is 1.96. The summed E-state index contributed by atoms with van der Waals surface area (Å²) in [6, 6.07) is 0. The number of esters is 1. The second kappa shape index (κ2) is 5.84. The highest BCUT2D eigenvalue weighted by Crippen LogP contribution is 1.87. The monoisotopic (exact) mass is 182 g/mol. The number of carbonyl (C=O) groups excluding carboxylic acids is 1. The number of hydrogen-bond donors (Lipinski definition) is 1. The van der Waals surface area contributed by atoms with E-state index in [2.05, 4.69) is 16.6 Å². The van der Waals surface area contributed by atoms with Gasteiger partial charge in [-0.3, -0.25) is 4.79 Å². The smallest absolute Gasteiger partial charge is 0.328 e. The molecule has 4 nitrogen and oxygen atoms in total. The lowest BCUT2D eigenvalue weighted by Gasteiger charge is -2.01. The molecule has 0 saturated heterocycles. The van der Waals surface area contributed by atoms with Crippen molar-refractivity contribution in [2.24, 2.45) is 0 Å². The van der Waals surface area contributed by atoms with Gasteiger partial charge in [0.1, 0.15) is 0 Å². The first-order chi connectivity index (χ1) is 6.02. The lowest BCUT2D eigenvalue weighted by Crippen LogP contribution is -2.09. The molecular formula is C9H10O4. The Hall–Kier alpha value is -1.76. The summed E-state index contributed by atoms with van der Waals surface area (Å²) in [5.74, 6) is 3.49. The minimum atomic E-state index is -1.06. The number of aliphatic carboxylic acids is 1. The molecule has 0 aliphatic rings. The number of carboxylic acid groups (broad SMARTS) is 1. The molecule has 1 atom stereocenters. The Morgan fingerprint density at radius 3 is 2.62 bits per heavy atom. The number of hydrogen-bond acceptors (Lipinski definition) is 3. The van der Waals surface area contributed by atoms with Crippen molar-refractivity contribution in [1.82, 2.24) is 0 Å². The summed E-state index contributed by atoms with van der Waals surface area (Å²) >= 11 is 0. The highest BCUT2D eigenvalue weighted by molar-refractivity contribution is 5.80. The summed E-state index contributed by atoms with van der Waals surface area (Å²) in [5, 5.41) is 8.18. The van der Waals surface area contributed by atoms with Gasteiger partial charge in [-0.2, -0.15) is 0 Å². The Labute approximate surface area is 76.2 Å². The first-order valence-corrected chi connectivity index (χ1v) is 3.60. The Morgan fingerprint density at radius 2 is 2.15 bits per heavy atom. The third-order valence-electron chi connectivity index (χ3n) is 0.939. The van der Waals surface area contributed by atoms with Crippen LogP contribution in [0, 0.1) is 11.8 Å². The van der Waals surface area contributed by atoms with E-state index in [1.165, 1.54) is 13.0 Å². The van der Waals surface area contributed by atoms with Crippen LogP contribution in [0.2, 0.25) is 0 Å². The molecule has 13 heavy (non-hydrogen) atoms. The minimum absolute atomic E-state index is 0.413. The Kier molecular flexibility index (Phi) is 5.05. The fourth-order valence-corrected chi connectivity index (χ4v) is 0.557. The predicted molar refractivity (Wildman–Crippen MR) is 45.8 cm³/mol. The summed E-state index contributed by atoms with van der Waals surface area (Å²) in [4.78, 5) is 20.4. The summed E-state index contributed by atoms with van der Waals surface area (Å²) in [5.41, 5.74) is 0. The topological polar surface area (TPSA) is 63.6 Å². The molecule has 0 radical (unpaired) electrons. The van der Waals surface area contributed by atoms with E-state index in [-0.39, 0.29) is 0 Å². The third-order valence-corrected chi connectivity index (χ3v) is 0.939. The SMILES string of the molecule is CC(=O)OC(C)C#C/C=C/C(=O)O. The van der Waals surface area contributed by atoms with Crippen molar-refractivity contribution in [1.29, 1.82) is 0 Å². The van der Waals surface area contributed by atoms with Crippen LogP contribution in [0.4, 0.5) is 0 Å². The molecule has 0 heterocycles. The van der Waals surface area contributed by atoms with E-state index in [0.29, 0.717) is 0 Å². The van der Waals surface area contributed by atoms with Gasteiger partial charge in [-0.1, -0.05) is 11.8 Å². The van der Waals surface area contributed by atoms with Gasteiger partial charge in [0.2, 0.25) is 0 Å². The summed E-state index contributed by atoms with van der Waals surface area (Å²) < 4.78 is 4.66. The van der Waals surface area contributed by atoms with Crippen LogP contribution in [0.3, 0.4) is 0 Å². The van der Waals surface area contributed by atoms with Crippen LogP contribution in [0.15, 0.2) is 12.2 Å². The van der Waals surface area contributed by atoms with Crippen molar-refractivity contribution in [3.63, 3.8) is 0 Å². The van der Waals surface area contributed by atoms with Gasteiger partial charge in [-0.25, -0.2) is 4.79 Å². The van der Waals surface area contributed by atoms with E-state index in [4.69, 9.17) is 5.11 Å². The largest absolute Gasteiger partial charge is 0.478 e. The molecule has 4 heteroatoms. The molecule has 0 aromatic rings. The molecule has 0 rings (SSSR count). The second-order valence-corrected chi connectivity index (χ2v) is 2.21. The summed E-state index contributed by atoms with van der Waals surface area (Å²) in [7, 11) is 0. The molecule has 0 aromatic carbocycles. The summed E-state index contributed by atoms with van der Waals surface area (Å²) in [6.45, 7) is 2.88. The van der Waals surface area contributed by atoms with Crippen LogP contribution < -0.4 is 0 Å².